The second-order valence-corrected chi connectivity index (χ2v) is 40.4. The Kier molecular flexibility index (Phi) is 51.6. The second kappa shape index (κ2) is 59.0. The molecule has 7 fully saturated rings. The summed E-state index contributed by atoms with van der Waals surface area (Å²) in [6, 6.07) is -1.93. The number of allylic oxidation sites excluding steroid dienone is 19. The van der Waals surface area contributed by atoms with Crippen LogP contribution in [0.5, 0.6) is 0 Å². The Labute approximate surface area is 807 Å². The maximum absolute atomic E-state index is 13.4. The quantitative estimate of drug-likeness (QED) is 0.0307. The highest BCUT2D eigenvalue weighted by molar-refractivity contribution is 7.61. The summed E-state index contributed by atoms with van der Waals surface area (Å²) in [5, 5.41) is 218. The monoisotopic (exact) mass is 2020 g/mol. The normalized spacial score (nSPS) is 35.6. The molecule has 7 aliphatic rings. The van der Waals surface area contributed by atoms with Crippen LogP contribution in [-0.4, -0.2) is 379 Å². The van der Waals surface area contributed by atoms with Gasteiger partial charge in [-0.15, -0.1) is 0 Å². The first-order valence-electron chi connectivity index (χ1n) is 47.4. The van der Waals surface area contributed by atoms with Gasteiger partial charge in [0, 0.05) is 6.92 Å². The number of ether oxygens (including phenoxy) is 13. The lowest BCUT2D eigenvalue weighted by Gasteiger charge is -2.47. The predicted octanol–water partition coefficient (Wildman–Crippen LogP) is 2.66. The van der Waals surface area contributed by atoms with E-state index >= 15 is 0 Å². The standard InChI is InChI=1S/C94H157NO41P2/c1-49(2)23-14-24-50(3)25-15-26-51(4)27-16-28-52(5)29-17-30-53(6)31-18-32-54(7)33-19-34-55(8)35-20-36-56(9)37-21-38-57(10)39-22-40-58(11)41-42-123-137(117,118)136-138(119,120)135-88-67(95-60(13)100)68(104)85(64(44-97)125-88)133-91-77(113)69(105)81(59(12)124-91)128-94-80(116)74(110)87(134-94)66(46-99)127-93-79(115)72(108)84(131-93)63(103)48-122-90-76(112)73(109)86(132-90)65(45-98)126-92-78(114)71(107)83(130-92)62(102)47-121-89-75(111)70(106)82(129-89)61(101)43-96/h23,25,27,29,31,33,35,37,39,41,59,61-94,96-99,101-116H,14-22,24,26,28,30,32,34,36,38,40,42-48H2,1-13H3,(H,95,100)(H,117,118)(H,119,120)/b50-25+,51-27-,52-29-,53-31-,54-33-,55-35-,56-37-,57-39-,58-41-/t59-,61+,62+,63+,64+,65+,66+,67+,68+,69-,70+,71+,72+,73+,74+,75+,76+,77+,78+,79+,80+,81-,82?,83?,84?,85+,86?,87?,88-,89+,90+,91-,92+,93+,94+/m0/s1. The van der Waals surface area contributed by atoms with Gasteiger partial charge in [0.1, 0.15) is 165 Å². The van der Waals surface area contributed by atoms with Crippen molar-refractivity contribution in [1.82, 2.24) is 5.32 Å². The van der Waals surface area contributed by atoms with Crippen molar-refractivity contribution in [2.24, 2.45) is 0 Å². The van der Waals surface area contributed by atoms with Crippen molar-refractivity contribution in [1.29, 1.82) is 0 Å². The van der Waals surface area contributed by atoms with E-state index in [1.54, 1.807) is 6.92 Å². The van der Waals surface area contributed by atoms with Gasteiger partial charge in [-0.1, -0.05) is 116 Å². The van der Waals surface area contributed by atoms with Gasteiger partial charge in [-0.05, 0) is 199 Å². The molecule has 0 aliphatic carbocycles. The fraction of sp³-hybridized carbons (Fsp3) is 0.777. The second-order valence-electron chi connectivity index (χ2n) is 37.4. The summed E-state index contributed by atoms with van der Waals surface area (Å²) in [7, 11) is -11.2. The van der Waals surface area contributed by atoms with E-state index in [-0.39, 0.29) is 0 Å². The van der Waals surface area contributed by atoms with Crippen LogP contribution in [-0.2, 0) is 88.9 Å². The average Bonchev–Trinajstić information content (AvgIpc) is 1.03. The molecule has 0 aromatic carbocycles. The minimum absolute atomic E-state index is 0.541. The Morgan fingerprint density at radius 2 is 0.659 bits per heavy atom. The van der Waals surface area contributed by atoms with Crippen LogP contribution in [0.3, 0.4) is 0 Å². The van der Waals surface area contributed by atoms with Gasteiger partial charge in [0.05, 0.1) is 52.4 Å². The highest BCUT2D eigenvalue weighted by Gasteiger charge is 2.59. The van der Waals surface area contributed by atoms with Gasteiger partial charge in [0.2, 0.25) is 5.91 Å². The summed E-state index contributed by atoms with van der Waals surface area (Å²) in [6.45, 7) is 19.6. The maximum atomic E-state index is 13.4. The molecule has 42 nitrogen and oxygen atoms in total. The molecular formula is C94H157NO41P2. The zero-order valence-electron chi connectivity index (χ0n) is 81.1. The molecule has 0 aromatic rings. The summed E-state index contributed by atoms with van der Waals surface area (Å²) in [5.41, 5.74) is 13.3. The molecule has 23 N–H and O–H groups in total. The molecule has 0 aromatic heterocycles. The van der Waals surface area contributed by atoms with Gasteiger partial charge in [-0.3, -0.25) is 13.8 Å². The number of hydrogen-bond donors (Lipinski definition) is 23. The fourth-order valence-electron chi connectivity index (χ4n) is 16.8. The zero-order chi connectivity index (χ0) is 102. The van der Waals surface area contributed by atoms with Crippen LogP contribution in [0.2, 0.25) is 0 Å². The Bertz CT molecular complexity index is 4100. The van der Waals surface area contributed by atoms with Crippen LogP contribution >= 0.6 is 15.6 Å². The first kappa shape index (κ1) is 121. The molecule has 1 amide bonds. The maximum Gasteiger partial charge on any atom is 0.483 e. The Balaban J connectivity index is 0.784. The summed E-state index contributed by atoms with van der Waals surface area (Å²) in [5.74, 6) is -0.909. The van der Waals surface area contributed by atoms with E-state index in [1.165, 1.54) is 63.2 Å². The molecule has 44 heteroatoms. The van der Waals surface area contributed by atoms with Crippen LogP contribution in [0.4, 0.5) is 0 Å². The molecule has 7 aliphatic heterocycles. The lowest BCUT2D eigenvalue weighted by molar-refractivity contribution is -0.354. The van der Waals surface area contributed by atoms with Crippen LogP contribution in [0.15, 0.2) is 116 Å². The lowest BCUT2D eigenvalue weighted by atomic mass is 9.95. The first-order valence-corrected chi connectivity index (χ1v) is 50.4. The van der Waals surface area contributed by atoms with Crippen molar-refractivity contribution in [3.05, 3.63) is 116 Å². The summed E-state index contributed by atoms with van der Waals surface area (Å²) in [4.78, 5) is 33.9. The van der Waals surface area contributed by atoms with Gasteiger partial charge in [0.25, 0.3) is 0 Å². The van der Waals surface area contributed by atoms with Gasteiger partial charge in [0.15, 0.2) is 44.0 Å². The number of carbonyl (C=O) groups excluding carboxylic acids is 1. The number of phosphoric acid groups is 2. The summed E-state index contributed by atoms with van der Waals surface area (Å²) >= 11 is 0. The van der Waals surface area contributed by atoms with Crippen LogP contribution in [0.1, 0.15) is 206 Å². The number of hydrogen-bond acceptors (Lipinski definition) is 39. The smallest absolute Gasteiger partial charge is 0.394 e. The minimum atomic E-state index is -5.78. The van der Waals surface area contributed by atoms with Gasteiger partial charge < -0.3 is 179 Å². The number of amides is 1. The van der Waals surface area contributed by atoms with Crippen molar-refractivity contribution in [3.8, 4) is 0 Å². The van der Waals surface area contributed by atoms with Crippen LogP contribution < -0.4 is 5.32 Å². The number of rotatable bonds is 58. The third-order valence-corrected chi connectivity index (χ3v) is 27.8. The first-order chi connectivity index (χ1) is 65.1. The SMILES string of the molecule is CC(=O)N[C@H]1[C@H](OP(=O)(O)OP(=O)(O)OC/C=C(/C)CC/C=C(/C)CC/C=C(/C)CC/C=C(/C)CC/C=C(/C)CC/C=C(/C)CC/C=C(/C)CC/C=C(/C)CC/C=C(\C)CCC=C(C)C)O[C@H](CO)[C@@H](O[C@@H]2O[C@@H](C)[C@H](O[C@@H]3OC([C@@H](CO)O[C@@H]4OC([C@H](O)CO[C@@H]5OC([C@@H](CO)O[C@@H]6OC([C@H](O)CO[C@@H]7OC([C@H](O)CO)[C@H](O)[C@H]7O)[C@H](O)[C@H]6O)[C@H](O)[C@H]5O)[C@H](O)[C@H]4O)[C@H](O)[C@H]3O)[C@@H](O)[C@H]2O)[C@@H]1O. The molecule has 7 rings (SSSR count). The number of nitrogens with one attached hydrogen (secondary N) is 1. The van der Waals surface area contributed by atoms with Crippen molar-refractivity contribution in [2.45, 2.75) is 420 Å². The van der Waals surface area contributed by atoms with Gasteiger partial charge in [-0.2, -0.15) is 4.31 Å². The van der Waals surface area contributed by atoms with Crippen molar-refractivity contribution in [2.75, 3.05) is 46.2 Å². The van der Waals surface area contributed by atoms with Gasteiger partial charge in [-0.25, -0.2) is 9.13 Å². The number of carbonyl (C=O) groups is 1. The zero-order valence-corrected chi connectivity index (χ0v) is 82.9. The fourth-order valence-corrected chi connectivity index (χ4v) is 18.9. The molecular weight excluding hydrogens is 1860 g/mol. The van der Waals surface area contributed by atoms with E-state index in [2.05, 4.69) is 127 Å². The molecule has 7 heterocycles. The van der Waals surface area contributed by atoms with E-state index in [9.17, 15) is 126 Å². The highest BCUT2D eigenvalue weighted by atomic mass is 31.3. The van der Waals surface area contributed by atoms with Crippen molar-refractivity contribution in [3.63, 3.8) is 0 Å². The Morgan fingerprint density at radius 3 is 1.02 bits per heavy atom. The molecule has 37 atom stereocenters. The third kappa shape index (κ3) is 37.3. The average molecular weight is 2020 g/mol. The topological polar surface area (TPSA) is 656 Å². The molecule has 7 saturated heterocycles. The molecule has 0 bridgehead atoms. The third-order valence-electron chi connectivity index (χ3n) is 25.2. The Morgan fingerprint density at radius 1 is 0.348 bits per heavy atom. The predicted molar refractivity (Wildman–Crippen MR) is 494 cm³/mol. The molecule has 0 spiro atoms. The number of aliphatic hydroxyl groups is 20. The van der Waals surface area contributed by atoms with Crippen molar-refractivity contribution < 1.29 is 201 Å². The number of phosphoric ester groups is 2. The van der Waals surface area contributed by atoms with Crippen LogP contribution in [0, 0.1) is 0 Å². The molecule has 0 saturated carbocycles. The van der Waals surface area contributed by atoms with E-state index in [0.717, 1.165) is 115 Å². The minimum Gasteiger partial charge on any atom is -0.394 e. The van der Waals surface area contributed by atoms with E-state index < -0.39 is 283 Å². The van der Waals surface area contributed by atoms with E-state index in [4.69, 9.17) is 70.6 Å². The Hall–Kier alpha value is -4.19. The van der Waals surface area contributed by atoms with Gasteiger partial charge >= 0.3 is 15.6 Å². The van der Waals surface area contributed by atoms with E-state index in [0.29, 0.717) is 12.8 Å². The molecule has 0 radical (unpaired) electrons. The molecule has 794 valence electrons. The summed E-state index contributed by atoms with van der Waals surface area (Å²) in [6.07, 6.45) is -23.1. The number of aliphatic hydroxyl groups excluding tert-OH is 20. The largest absolute Gasteiger partial charge is 0.483 e. The van der Waals surface area contributed by atoms with Crippen molar-refractivity contribution >= 4 is 21.6 Å². The lowest BCUT2D eigenvalue weighted by Crippen LogP contribution is -2.67. The molecule has 7 unspecified atom stereocenters. The molecule has 138 heavy (non-hydrogen) atoms. The van der Waals surface area contributed by atoms with Crippen LogP contribution in [0.25, 0.3) is 0 Å². The van der Waals surface area contributed by atoms with E-state index in [1.807, 2.05) is 6.92 Å². The summed E-state index contributed by atoms with van der Waals surface area (Å²) < 4.78 is 114. The highest BCUT2D eigenvalue weighted by Crippen LogP contribution is 2.61.